The van der Waals surface area contributed by atoms with E-state index in [9.17, 15) is 24.5 Å². The molecule has 2 aromatic heterocycles. The molecule has 9 rings (SSSR count). The van der Waals surface area contributed by atoms with Gasteiger partial charge in [-0.1, -0.05) is 169 Å². The summed E-state index contributed by atoms with van der Waals surface area (Å²) in [6.45, 7) is 5.81. The number of hydrogen-bond acceptors (Lipinski definition) is 12. The molecule has 456 valence electrons. The second-order valence-electron chi connectivity index (χ2n) is 19.8. The van der Waals surface area contributed by atoms with Crippen molar-refractivity contribution in [2.45, 2.75) is 59.6 Å². The Morgan fingerprint density at radius 1 is 0.494 bits per heavy atom. The average Bonchev–Trinajstić information content (AvgIpc) is 3.77. The van der Waals surface area contributed by atoms with E-state index >= 15 is 0 Å². The van der Waals surface area contributed by atoms with Crippen LogP contribution in [-0.2, 0) is 55.3 Å². The van der Waals surface area contributed by atoms with Crippen molar-refractivity contribution in [2.75, 3.05) is 26.8 Å². The molecule has 0 saturated heterocycles. The first-order valence-corrected chi connectivity index (χ1v) is 29.4. The van der Waals surface area contributed by atoms with Gasteiger partial charge in [0.25, 0.3) is 17.5 Å². The Morgan fingerprint density at radius 2 is 0.888 bits per heavy atom. The number of nitro groups is 1. The van der Waals surface area contributed by atoms with E-state index in [2.05, 4.69) is 9.97 Å². The first kappa shape index (κ1) is 66.4. The summed E-state index contributed by atoms with van der Waals surface area (Å²) in [5, 5.41) is 10.8. The maximum absolute atomic E-state index is 13.7. The minimum atomic E-state index is -0.514. The smallest absolute Gasteiger partial charge is 0.343 e. The summed E-state index contributed by atoms with van der Waals surface area (Å²) in [5.74, 6) is 1.27. The van der Waals surface area contributed by atoms with E-state index in [1.54, 1.807) is 90.6 Å². The highest BCUT2D eigenvalue weighted by Gasteiger charge is 2.22. The van der Waals surface area contributed by atoms with Crippen LogP contribution in [0.4, 0.5) is 0 Å². The van der Waals surface area contributed by atoms with Gasteiger partial charge in [-0.2, -0.15) is 0 Å². The minimum Gasteiger partial charge on any atom is -0.485 e. The van der Waals surface area contributed by atoms with Crippen molar-refractivity contribution < 1.29 is 43.0 Å². The number of nitrogens with zero attached hydrogens (tertiary/aromatic N) is 5. The molecule has 17 heteroatoms. The van der Waals surface area contributed by atoms with E-state index in [-0.39, 0.29) is 30.7 Å². The largest absolute Gasteiger partial charge is 0.485 e. The molecule has 0 bridgehead atoms. The first-order chi connectivity index (χ1) is 43.4. The molecule has 0 aliphatic carbocycles. The van der Waals surface area contributed by atoms with Gasteiger partial charge in [-0.25, -0.2) is 4.79 Å². The van der Waals surface area contributed by atoms with Gasteiger partial charge >= 0.3 is 5.97 Å². The molecule has 0 spiro atoms. The Kier molecular flexibility index (Phi) is 27.0. The lowest BCUT2D eigenvalue weighted by atomic mass is 10.1. The van der Waals surface area contributed by atoms with Crippen LogP contribution in [-0.4, -0.2) is 69.3 Å². The van der Waals surface area contributed by atoms with E-state index in [0.717, 1.165) is 39.2 Å². The number of aromatic nitrogens is 2. The van der Waals surface area contributed by atoms with Crippen molar-refractivity contribution in [3.8, 4) is 23.0 Å². The number of rotatable bonds is 26. The molecule has 0 fully saturated rings. The second-order valence-corrected chi connectivity index (χ2v) is 20.6. The summed E-state index contributed by atoms with van der Waals surface area (Å²) >= 11 is 12.8. The van der Waals surface area contributed by atoms with Gasteiger partial charge in [-0.15, -0.1) is 0 Å². The number of allylic oxidation sites excluding steroid dienone is 3. The van der Waals surface area contributed by atoms with Gasteiger partial charge < -0.3 is 33.5 Å². The highest BCUT2D eigenvalue weighted by molar-refractivity contribution is 6.34. The lowest BCUT2D eigenvalue weighted by molar-refractivity contribution is -0.419. The van der Waals surface area contributed by atoms with E-state index in [1.807, 2.05) is 164 Å². The Balaban J connectivity index is 0.000000223. The molecule has 0 unspecified atom stereocenters. The maximum atomic E-state index is 13.7. The van der Waals surface area contributed by atoms with Gasteiger partial charge in [0.2, 0.25) is 0 Å². The number of esters is 1. The third kappa shape index (κ3) is 22.0. The third-order valence-corrected chi connectivity index (χ3v) is 14.1. The zero-order valence-corrected chi connectivity index (χ0v) is 51.3. The fourth-order valence-electron chi connectivity index (χ4n) is 8.75. The Bertz CT molecular complexity index is 3730. The minimum absolute atomic E-state index is 0.136. The molecule has 0 radical (unpaired) electrons. The maximum Gasteiger partial charge on any atom is 0.343 e. The number of ether oxygens (including phenoxy) is 5. The number of halogens is 2. The zero-order valence-electron chi connectivity index (χ0n) is 49.7. The van der Waals surface area contributed by atoms with E-state index in [4.69, 9.17) is 46.9 Å². The number of hydrogen-bond donors (Lipinski definition) is 0. The predicted molar refractivity (Wildman–Crippen MR) is 347 cm³/mol. The normalized spacial score (nSPS) is 10.8. The zero-order chi connectivity index (χ0) is 63.0. The summed E-state index contributed by atoms with van der Waals surface area (Å²) in [7, 11) is 1.30. The number of carbonyl (C=O) groups excluding carboxylic acids is 3. The molecule has 0 saturated carbocycles. The van der Waals surface area contributed by atoms with Crippen LogP contribution in [0.3, 0.4) is 0 Å². The Labute approximate surface area is 529 Å². The molecule has 0 aliphatic rings. The van der Waals surface area contributed by atoms with Gasteiger partial charge in [-0.05, 0) is 121 Å². The van der Waals surface area contributed by atoms with Crippen molar-refractivity contribution in [3.05, 3.63) is 319 Å². The fourth-order valence-corrected chi connectivity index (χ4v) is 9.18. The van der Waals surface area contributed by atoms with Gasteiger partial charge in [0, 0.05) is 68.9 Å². The van der Waals surface area contributed by atoms with Crippen LogP contribution in [0.2, 0.25) is 10.0 Å². The number of methoxy groups -OCH3 is 1. The SMILES string of the molecule is C/C=C\C(=C/C)[N+](=O)[O-].COC(=O)COc1cc(CN(CCc2ccccn2)C(=O)c2ccccc2Cl)ccc1OCc1ccccc1.O=C(c1ccccc1Cl)N(CCc1ccccn1)Cc1ccc(OCc2ccccc2)c(OCc2ccccc2)c1. The lowest BCUT2D eigenvalue weighted by Crippen LogP contribution is -2.33. The molecule has 0 aliphatic heterocycles. The molecular formula is C72H69Cl2N5O10. The van der Waals surface area contributed by atoms with Gasteiger partial charge in [0.05, 0.1) is 33.2 Å². The van der Waals surface area contributed by atoms with Crippen LogP contribution in [0, 0.1) is 10.1 Å². The monoisotopic (exact) mass is 1230 g/mol. The summed E-state index contributed by atoms with van der Waals surface area (Å²) in [6.07, 6.45) is 9.24. The number of amides is 2. The van der Waals surface area contributed by atoms with Crippen LogP contribution < -0.4 is 18.9 Å². The van der Waals surface area contributed by atoms with Crippen molar-refractivity contribution in [2.24, 2.45) is 0 Å². The Hall–Kier alpha value is -10.1. The van der Waals surface area contributed by atoms with E-state index in [0.29, 0.717) is 96.5 Å². The quantitative estimate of drug-likeness (QED) is 0.0218. The molecule has 9 aromatic rings. The van der Waals surface area contributed by atoms with E-state index < -0.39 is 10.9 Å². The topological polar surface area (TPSA) is 173 Å². The summed E-state index contributed by atoms with van der Waals surface area (Å²) in [5.41, 5.74) is 7.65. The third-order valence-electron chi connectivity index (χ3n) is 13.4. The van der Waals surface area contributed by atoms with Gasteiger partial charge in [0.1, 0.15) is 19.8 Å². The number of benzene rings is 7. The fraction of sp³-hybridized carbons (Fsp3) is 0.181. The van der Waals surface area contributed by atoms with Crippen molar-refractivity contribution in [1.82, 2.24) is 19.8 Å². The molecule has 2 amide bonds. The van der Waals surface area contributed by atoms with Crippen LogP contribution in [0.5, 0.6) is 23.0 Å². The summed E-state index contributed by atoms with van der Waals surface area (Å²) in [6, 6.07) is 66.6. The van der Waals surface area contributed by atoms with Gasteiger partial charge in [-0.3, -0.25) is 29.7 Å². The van der Waals surface area contributed by atoms with Crippen molar-refractivity contribution in [1.29, 1.82) is 0 Å². The van der Waals surface area contributed by atoms with Crippen LogP contribution in [0.25, 0.3) is 0 Å². The highest BCUT2D eigenvalue weighted by Crippen LogP contribution is 2.33. The average molecular weight is 1240 g/mol. The van der Waals surface area contributed by atoms with Crippen molar-refractivity contribution in [3.63, 3.8) is 0 Å². The number of pyridine rings is 2. The highest BCUT2D eigenvalue weighted by atomic mass is 35.5. The lowest BCUT2D eigenvalue weighted by Gasteiger charge is -2.24. The molecule has 0 N–H and O–H groups in total. The number of carbonyl (C=O) groups is 3. The van der Waals surface area contributed by atoms with Crippen LogP contribution in [0.1, 0.15) is 73.8 Å². The van der Waals surface area contributed by atoms with Crippen LogP contribution >= 0.6 is 23.2 Å². The second kappa shape index (κ2) is 36.1. The predicted octanol–water partition coefficient (Wildman–Crippen LogP) is 15.3. The molecule has 15 nitrogen and oxygen atoms in total. The molecule has 7 aromatic carbocycles. The molecular weight excluding hydrogens is 1170 g/mol. The summed E-state index contributed by atoms with van der Waals surface area (Å²) in [4.78, 5) is 60.9. The summed E-state index contributed by atoms with van der Waals surface area (Å²) < 4.78 is 28.9. The van der Waals surface area contributed by atoms with Crippen molar-refractivity contribution >= 4 is 41.0 Å². The standard InChI is InChI=1S/C35H31ClN2O3.C31H29ClN2O5.C6H9NO2/c36-32-17-8-7-16-31(32)35(39)38(22-20-30-15-9-10-21-37-30)24-29-18-19-33(40-25-27-11-3-1-4-12-27)34(23-29)41-26-28-13-5-2-6-14-28;1-37-30(35)22-39-29-19-24(14-15-28(29)38-21-23-9-3-2-4-10-23)20-34(18-16-25-11-7-8-17-33-25)31(36)26-12-5-6-13-27(26)32;1-3-5-6(4-2)7(8)9/h1-19,21,23H,20,22,24-26H2;2-15,17,19H,16,18,20-22H2,1H3;3-5H,1-2H3/b;;5-3-,6-4+. The first-order valence-electron chi connectivity index (χ1n) is 28.7. The van der Waals surface area contributed by atoms with Crippen LogP contribution in [0.15, 0.2) is 249 Å². The molecule has 2 heterocycles. The van der Waals surface area contributed by atoms with Gasteiger partial charge in [0.15, 0.2) is 29.6 Å². The molecule has 0 atom stereocenters. The van der Waals surface area contributed by atoms with E-state index in [1.165, 1.54) is 19.3 Å². The molecule has 89 heavy (non-hydrogen) atoms. The Morgan fingerprint density at radius 3 is 1.25 bits per heavy atom.